The summed E-state index contributed by atoms with van der Waals surface area (Å²) in [4.78, 5) is 0.0357. The molecule has 0 bridgehead atoms. The van der Waals surface area contributed by atoms with Crippen LogP contribution < -0.4 is 4.72 Å². The highest BCUT2D eigenvalue weighted by atomic mass is 35.5. The molecule has 6 nitrogen and oxygen atoms in total. The molecule has 1 atom stereocenters. The zero-order valence-electron chi connectivity index (χ0n) is 11.6. The number of sulfonamides is 1. The SMILES string of the molecule is CS(=O)(=O)NC[C@@H](c1ccco1)S(=O)(=O)c1ccc(Cl)cc1. The fourth-order valence-electron chi connectivity index (χ4n) is 1.85. The maximum atomic E-state index is 12.7. The van der Waals surface area contributed by atoms with Gasteiger partial charge in [0.2, 0.25) is 10.0 Å². The molecule has 9 heteroatoms. The molecule has 0 aliphatic carbocycles. The highest BCUT2D eigenvalue weighted by Gasteiger charge is 2.32. The molecule has 22 heavy (non-hydrogen) atoms. The molecule has 1 aromatic carbocycles. The van der Waals surface area contributed by atoms with Crippen LogP contribution in [-0.2, 0) is 19.9 Å². The summed E-state index contributed by atoms with van der Waals surface area (Å²) in [5, 5.41) is -0.763. The van der Waals surface area contributed by atoms with Crippen molar-refractivity contribution in [3.8, 4) is 0 Å². The molecular formula is C13H14ClNO5S2. The van der Waals surface area contributed by atoms with Crippen LogP contribution in [0, 0.1) is 0 Å². The minimum Gasteiger partial charge on any atom is -0.468 e. The molecule has 120 valence electrons. The zero-order valence-corrected chi connectivity index (χ0v) is 14.0. The van der Waals surface area contributed by atoms with Gasteiger partial charge in [-0.2, -0.15) is 0 Å². The lowest BCUT2D eigenvalue weighted by atomic mass is 10.3. The van der Waals surface area contributed by atoms with E-state index in [0.717, 1.165) is 6.26 Å². The Morgan fingerprint density at radius 1 is 1.14 bits per heavy atom. The third-order valence-electron chi connectivity index (χ3n) is 2.91. The summed E-state index contributed by atoms with van der Waals surface area (Å²) >= 11 is 5.76. The second-order valence-corrected chi connectivity index (χ2v) is 9.02. The second kappa shape index (κ2) is 6.41. The van der Waals surface area contributed by atoms with Crippen LogP contribution in [0.2, 0.25) is 5.02 Å². The summed E-state index contributed by atoms with van der Waals surface area (Å²) in [6, 6.07) is 8.68. The van der Waals surface area contributed by atoms with Gasteiger partial charge >= 0.3 is 0 Å². The van der Waals surface area contributed by atoms with Gasteiger partial charge in [0.25, 0.3) is 0 Å². The Morgan fingerprint density at radius 2 is 1.77 bits per heavy atom. The van der Waals surface area contributed by atoms with Crippen molar-refractivity contribution in [2.24, 2.45) is 0 Å². The fraction of sp³-hybridized carbons (Fsp3) is 0.231. The molecule has 0 spiro atoms. The van der Waals surface area contributed by atoms with Crippen LogP contribution in [0.5, 0.6) is 0 Å². The molecule has 0 radical (unpaired) electrons. The van der Waals surface area contributed by atoms with Gasteiger partial charge in [-0.15, -0.1) is 0 Å². The Morgan fingerprint density at radius 3 is 2.27 bits per heavy atom. The van der Waals surface area contributed by atoms with Gasteiger partial charge in [0.15, 0.2) is 9.84 Å². The maximum absolute atomic E-state index is 12.7. The Kier molecular flexibility index (Phi) is 4.96. The van der Waals surface area contributed by atoms with Crippen LogP contribution in [0.3, 0.4) is 0 Å². The van der Waals surface area contributed by atoms with Gasteiger partial charge in [-0.25, -0.2) is 21.6 Å². The van der Waals surface area contributed by atoms with Crippen molar-refractivity contribution in [2.75, 3.05) is 12.8 Å². The lowest BCUT2D eigenvalue weighted by Gasteiger charge is -2.16. The lowest BCUT2D eigenvalue weighted by molar-refractivity contribution is 0.487. The van der Waals surface area contributed by atoms with Crippen molar-refractivity contribution in [3.05, 3.63) is 53.4 Å². The van der Waals surface area contributed by atoms with Crippen LogP contribution in [0.1, 0.15) is 11.0 Å². The summed E-state index contributed by atoms with van der Waals surface area (Å²) in [7, 11) is -7.38. The summed E-state index contributed by atoms with van der Waals surface area (Å²) in [5.41, 5.74) is 0. The van der Waals surface area contributed by atoms with Crippen molar-refractivity contribution in [1.29, 1.82) is 0 Å². The van der Waals surface area contributed by atoms with Gasteiger partial charge in [0, 0.05) is 11.6 Å². The summed E-state index contributed by atoms with van der Waals surface area (Å²) in [6.45, 7) is -0.322. The van der Waals surface area contributed by atoms with E-state index < -0.39 is 25.1 Å². The number of hydrogen-bond donors (Lipinski definition) is 1. The van der Waals surface area contributed by atoms with E-state index in [9.17, 15) is 16.8 Å². The van der Waals surface area contributed by atoms with Gasteiger partial charge in [0.1, 0.15) is 11.0 Å². The predicted octanol–water partition coefficient (Wildman–Crippen LogP) is 2.00. The lowest BCUT2D eigenvalue weighted by Crippen LogP contribution is -2.31. The molecule has 0 amide bonds. The minimum atomic E-state index is -3.84. The first-order valence-corrected chi connectivity index (χ1v) is 9.99. The molecule has 0 saturated carbocycles. The molecule has 1 heterocycles. The topological polar surface area (TPSA) is 93.4 Å². The van der Waals surface area contributed by atoms with Crippen LogP contribution in [0.4, 0.5) is 0 Å². The average molecular weight is 364 g/mol. The first-order valence-electron chi connectivity index (χ1n) is 6.17. The smallest absolute Gasteiger partial charge is 0.208 e. The van der Waals surface area contributed by atoms with E-state index in [1.54, 1.807) is 6.07 Å². The Balaban J connectivity index is 2.41. The van der Waals surface area contributed by atoms with E-state index in [0.29, 0.717) is 5.02 Å². The molecule has 2 rings (SSSR count). The van der Waals surface area contributed by atoms with E-state index in [1.807, 2.05) is 0 Å². The third-order valence-corrected chi connectivity index (χ3v) is 5.93. The standard InChI is InChI=1S/C13H14ClNO5S2/c1-21(16,17)15-9-13(12-3-2-8-20-12)22(18,19)11-6-4-10(14)5-7-11/h2-8,13,15H,9H2,1H3/t13-/m0/s1. The number of nitrogens with one attached hydrogen (secondary N) is 1. The van der Waals surface area contributed by atoms with Gasteiger partial charge in [-0.05, 0) is 36.4 Å². The fourth-order valence-corrected chi connectivity index (χ4v) is 4.14. The van der Waals surface area contributed by atoms with Crippen molar-refractivity contribution in [3.63, 3.8) is 0 Å². The van der Waals surface area contributed by atoms with Crippen LogP contribution in [-0.4, -0.2) is 29.6 Å². The Labute approximate surface area is 134 Å². The number of rotatable bonds is 6. The Hall–Kier alpha value is -1.35. The van der Waals surface area contributed by atoms with Gasteiger partial charge in [-0.1, -0.05) is 11.6 Å². The van der Waals surface area contributed by atoms with Gasteiger partial charge in [0.05, 0.1) is 17.4 Å². The summed E-state index contributed by atoms with van der Waals surface area (Å²) in [6.07, 6.45) is 2.29. The average Bonchev–Trinajstić information content (AvgIpc) is 2.91. The number of hydrogen-bond acceptors (Lipinski definition) is 5. The molecule has 1 aromatic heterocycles. The molecule has 0 aliphatic rings. The van der Waals surface area contributed by atoms with Crippen molar-refractivity contribution in [2.45, 2.75) is 10.1 Å². The molecule has 2 aromatic rings. The van der Waals surface area contributed by atoms with E-state index >= 15 is 0 Å². The molecule has 0 saturated heterocycles. The maximum Gasteiger partial charge on any atom is 0.208 e. The van der Waals surface area contributed by atoms with Crippen LogP contribution in [0.15, 0.2) is 52.0 Å². The highest BCUT2D eigenvalue weighted by molar-refractivity contribution is 7.92. The van der Waals surface area contributed by atoms with Gasteiger partial charge < -0.3 is 4.42 Å². The quantitative estimate of drug-likeness (QED) is 0.847. The first kappa shape index (κ1) is 17.0. The Bertz CT molecular complexity index is 827. The van der Waals surface area contributed by atoms with Crippen molar-refractivity contribution in [1.82, 2.24) is 4.72 Å². The van der Waals surface area contributed by atoms with E-state index in [1.165, 1.54) is 36.6 Å². The minimum absolute atomic E-state index is 0.0357. The number of furan rings is 1. The number of benzene rings is 1. The van der Waals surface area contributed by atoms with E-state index in [-0.39, 0.29) is 17.2 Å². The van der Waals surface area contributed by atoms with Crippen LogP contribution >= 0.6 is 11.6 Å². The largest absolute Gasteiger partial charge is 0.468 e. The summed E-state index contributed by atoms with van der Waals surface area (Å²) < 4.78 is 55.3. The zero-order chi connectivity index (χ0) is 16.4. The monoisotopic (exact) mass is 363 g/mol. The first-order chi connectivity index (χ1) is 10.2. The van der Waals surface area contributed by atoms with E-state index in [4.69, 9.17) is 16.0 Å². The number of sulfone groups is 1. The molecular weight excluding hydrogens is 350 g/mol. The highest BCUT2D eigenvalue weighted by Crippen LogP contribution is 2.29. The predicted molar refractivity (Wildman–Crippen MR) is 82.9 cm³/mol. The number of halogens is 1. The van der Waals surface area contributed by atoms with Crippen molar-refractivity contribution >= 4 is 31.5 Å². The molecule has 0 unspecified atom stereocenters. The molecule has 0 fully saturated rings. The van der Waals surface area contributed by atoms with Crippen LogP contribution in [0.25, 0.3) is 0 Å². The van der Waals surface area contributed by atoms with Gasteiger partial charge in [-0.3, -0.25) is 0 Å². The molecule has 0 aliphatic heterocycles. The van der Waals surface area contributed by atoms with E-state index in [2.05, 4.69) is 4.72 Å². The normalized spacial score (nSPS) is 13.9. The third kappa shape index (κ3) is 4.10. The summed E-state index contributed by atoms with van der Waals surface area (Å²) in [5.74, 6) is 0.158. The van der Waals surface area contributed by atoms with Crippen molar-refractivity contribution < 1.29 is 21.3 Å². The second-order valence-electron chi connectivity index (χ2n) is 4.62. The molecule has 1 N–H and O–H groups in total.